The summed E-state index contributed by atoms with van der Waals surface area (Å²) in [6.07, 6.45) is 5.07. The van der Waals surface area contributed by atoms with Crippen molar-refractivity contribution in [1.82, 2.24) is 10.2 Å². The Balaban J connectivity index is 1.27. The molecule has 0 aromatic heterocycles. The average Bonchev–Trinajstić information content (AvgIpc) is 3.58. The number of likely N-dealkylation sites (tertiary alicyclic amines) is 1. The quantitative estimate of drug-likeness (QED) is 0.568. The zero-order chi connectivity index (χ0) is 22.4. The number of aliphatic hydroxyl groups excluding tert-OH is 1. The normalized spacial score (nSPS) is 41.1. The number of rotatable bonds is 5. The topological polar surface area (TPSA) is 76.0 Å². The smallest absolute Gasteiger partial charge is 0.115 e. The van der Waals surface area contributed by atoms with Gasteiger partial charge in [-0.1, -0.05) is 36.4 Å². The molecule has 2 spiro atoms. The number of aliphatic hydroxyl groups is 2. The van der Waals surface area contributed by atoms with Gasteiger partial charge in [0.05, 0.1) is 11.7 Å². The Hall–Kier alpha value is -1.92. The van der Waals surface area contributed by atoms with Crippen LogP contribution in [0.1, 0.15) is 48.8 Å². The Morgan fingerprint density at radius 1 is 1.06 bits per heavy atom. The van der Waals surface area contributed by atoms with E-state index in [1.54, 1.807) is 6.07 Å². The summed E-state index contributed by atoms with van der Waals surface area (Å²) in [5, 5.41) is 38.0. The zero-order valence-corrected chi connectivity index (χ0v) is 19.1. The highest BCUT2D eigenvalue weighted by Crippen LogP contribution is 2.71. The summed E-state index contributed by atoms with van der Waals surface area (Å²) in [5.74, 6) is 1.05. The first-order valence-electron chi connectivity index (χ1n) is 12.7. The van der Waals surface area contributed by atoms with Crippen molar-refractivity contribution < 1.29 is 15.3 Å². The Morgan fingerprint density at radius 2 is 1.88 bits per heavy atom. The Morgan fingerprint density at radius 3 is 2.67 bits per heavy atom. The largest absolute Gasteiger partial charge is 0.508 e. The molecule has 4 aliphatic carbocycles. The monoisotopic (exact) mass is 446 g/mol. The highest BCUT2D eigenvalue weighted by Gasteiger charge is 2.78. The van der Waals surface area contributed by atoms with Gasteiger partial charge in [0.2, 0.25) is 0 Å². The highest BCUT2D eigenvalue weighted by atomic mass is 16.3. The second-order valence-electron chi connectivity index (χ2n) is 11.8. The molecule has 4 fully saturated rings. The van der Waals surface area contributed by atoms with Gasteiger partial charge in [-0.2, -0.15) is 0 Å². The molecule has 1 saturated heterocycles. The number of hydrogen-bond acceptors (Lipinski definition) is 5. The second kappa shape index (κ2) is 6.82. The van der Waals surface area contributed by atoms with Crippen molar-refractivity contribution in [3.05, 3.63) is 65.2 Å². The van der Waals surface area contributed by atoms with Crippen LogP contribution in [0.2, 0.25) is 0 Å². The van der Waals surface area contributed by atoms with Gasteiger partial charge in [-0.15, -0.1) is 0 Å². The molecule has 2 aromatic rings. The molecule has 5 nitrogen and oxygen atoms in total. The van der Waals surface area contributed by atoms with Crippen LogP contribution in [-0.4, -0.2) is 57.1 Å². The minimum absolute atomic E-state index is 0.0850. The Kier molecular flexibility index (Phi) is 4.23. The summed E-state index contributed by atoms with van der Waals surface area (Å²) in [6, 6.07) is 16.0. The minimum Gasteiger partial charge on any atom is -0.508 e. The van der Waals surface area contributed by atoms with Gasteiger partial charge in [0.25, 0.3) is 0 Å². The predicted molar refractivity (Wildman–Crippen MR) is 126 cm³/mol. The van der Waals surface area contributed by atoms with Crippen LogP contribution in [0, 0.1) is 11.3 Å². The summed E-state index contributed by atoms with van der Waals surface area (Å²) in [6.45, 7) is 2.83. The van der Waals surface area contributed by atoms with Crippen LogP contribution >= 0.6 is 0 Å². The fourth-order valence-corrected chi connectivity index (χ4v) is 8.41. The SMILES string of the molecule is Oc1ccc2c(c1)[C@@]13C[C@H](O)[C@H](NCc4ccccc4)C[C@@]1(O)[C@@H]1N(CC4CC4)CC1(C2)C3. The van der Waals surface area contributed by atoms with E-state index in [9.17, 15) is 15.3 Å². The molecule has 1 aliphatic heterocycles. The maximum atomic E-state index is 12.7. The third-order valence-corrected chi connectivity index (χ3v) is 9.70. The molecule has 2 aromatic carbocycles. The number of benzene rings is 2. The van der Waals surface area contributed by atoms with Crippen LogP contribution in [0.15, 0.2) is 48.5 Å². The maximum absolute atomic E-state index is 12.7. The molecule has 0 amide bonds. The Bertz CT molecular complexity index is 1090. The number of phenolic OH excluding ortho intramolecular Hbond substituents is 1. The van der Waals surface area contributed by atoms with Gasteiger partial charge in [0.15, 0.2) is 0 Å². The van der Waals surface area contributed by atoms with Crippen molar-refractivity contribution in [3.8, 4) is 5.75 Å². The van der Waals surface area contributed by atoms with E-state index in [0.717, 1.165) is 37.4 Å². The lowest BCUT2D eigenvalue weighted by Crippen LogP contribution is -2.73. The Labute approximate surface area is 195 Å². The fourth-order valence-electron chi connectivity index (χ4n) is 8.41. The second-order valence-corrected chi connectivity index (χ2v) is 11.8. The third kappa shape index (κ3) is 2.80. The first-order valence-corrected chi connectivity index (χ1v) is 12.7. The molecule has 1 unspecified atom stereocenters. The number of phenols is 1. The van der Waals surface area contributed by atoms with Gasteiger partial charge in [-0.05, 0) is 73.3 Å². The molecule has 0 radical (unpaired) electrons. The molecular weight excluding hydrogens is 412 g/mol. The van der Waals surface area contributed by atoms with Crippen molar-refractivity contribution in [3.63, 3.8) is 0 Å². The van der Waals surface area contributed by atoms with Crippen molar-refractivity contribution >= 4 is 0 Å². The van der Waals surface area contributed by atoms with E-state index in [1.165, 1.54) is 24.0 Å². The average molecular weight is 447 g/mol. The van der Waals surface area contributed by atoms with Crippen LogP contribution in [0.25, 0.3) is 0 Å². The minimum atomic E-state index is -0.910. The number of aromatic hydroxyl groups is 1. The molecule has 7 rings (SSSR count). The molecule has 2 bridgehead atoms. The fraction of sp³-hybridized carbons (Fsp3) is 0.571. The molecule has 5 heteroatoms. The lowest BCUT2D eigenvalue weighted by Gasteiger charge is -2.59. The number of nitrogens with one attached hydrogen (secondary N) is 1. The van der Waals surface area contributed by atoms with E-state index in [2.05, 4.69) is 28.4 Å². The summed E-state index contributed by atoms with van der Waals surface area (Å²) in [4.78, 5) is 2.57. The van der Waals surface area contributed by atoms with Crippen LogP contribution in [0.4, 0.5) is 0 Å². The first kappa shape index (κ1) is 20.5. The predicted octanol–water partition coefficient (Wildman–Crippen LogP) is 2.71. The van der Waals surface area contributed by atoms with Crippen LogP contribution in [0.3, 0.4) is 0 Å². The van der Waals surface area contributed by atoms with Crippen LogP contribution in [-0.2, 0) is 18.4 Å². The van der Waals surface area contributed by atoms with E-state index < -0.39 is 17.1 Å². The van der Waals surface area contributed by atoms with E-state index in [-0.39, 0.29) is 23.2 Å². The standard InChI is InChI=1S/C28H34N2O3/c31-21-9-8-20-11-26-16-27(22(20)10-21)13-24(32)23(29-14-18-4-2-1-3-5-18)12-28(27,33)25(26)30(17-26)15-19-6-7-19/h1-5,8-10,19,23-25,29,31-33H,6-7,11-17H2/t23-,24+,25-,26?,27+,28-/m1/s1. The molecule has 174 valence electrons. The molecule has 4 N–H and O–H groups in total. The molecule has 3 saturated carbocycles. The van der Waals surface area contributed by atoms with Crippen molar-refractivity contribution in [2.45, 2.75) is 74.3 Å². The van der Waals surface area contributed by atoms with Gasteiger partial charge in [-0.3, -0.25) is 4.90 Å². The lowest BCUT2D eigenvalue weighted by molar-refractivity contribution is -0.170. The number of hydrogen-bond donors (Lipinski definition) is 4. The summed E-state index contributed by atoms with van der Waals surface area (Å²) in [5.41, 5.74) is 2.21. The summed E-state index contributed by atoms with van der Waals surface area (Å²) < 4.78 is 0. The van der Waals surface area contributed by atoms with Gasteiger partial charge >= 0.3 is 0 Å². The molecular formula is C28H34N2O3. The number of fused-ring (bicyclic) bond motifs is 2. The highest BCUT2D eigenvalue weighted by molar-refractivity contribution is 5.52. The molecule has 33 heavy (non-hydrogen) atoms. The van der Waals surface area contributed by atoms with Gasteiger partial charge in [0.1, 0.15) is 5.75 Å². The van der Waals surface area contributed by atoms with E-state index >= 15 is 0 Å². The van der Waals surface area contributed by atoms with E-state index in [0.29, 0.717) is 19.4 Å². The van der Waals surface area contributed by atoms with Crippen molar-refractivity contribution in [2.75, 3.05) is 13.1 Å². The van der Waals surface area contributed by atoms with E-state index in [1.807, 2.05) is 24.3 Å². The van der Waals surface area contributed by atoms with Crippen LogP contribution in [0.5, 0.6) is 5.75 Å². The summed E-state index contributed by atoms with van der Waals surface area (Å²) >= 11 is 0. The number of nitrogens with zero attached hydrogens (tertiary/aromatic N) is 1. The summed E-state index contributed by atoms with van der Waals surface area (Å²) in [7, 11) is 0. The van der Waals surface area contributed by atoms with Crippen molar-refractivity contribution in [2.24, 2.45) is 11.3 Å². The van der Waals surface area contributed by atoms with Crippen LogP contribution < -0.4 is 5.32 Å². The third-order valence-electron chi connectivity index (χ3n) is 9.70. The molecule has 5 aliphatic rings. The van der Waals surface area contributed by atoms with Gasteiger partial charge in [-0.25, -0.2) is 0 Å². The van der Waals surface area contributed by atoms with Crippen molar-refractivity contribution in [1.29, 1.82) is 0 Å². The maximum Gasteiger partial charge on any atom is 0.115 e. The first-order chi connectivity index (χ1) is 15.9. The van der Waals surface area contributed by atoms with E-state index in [4.69, 9.17) is 0 Å². The van der Waals surface area contributed by atoms with Gasteiger partial charge < -0.3 is 20.6 Å². The zero-order valence-electron chi connectivity index (χ0n) is 19.1. The van der Waals surface area contributed by atoms with Gasteiger partial charge in [0, 0.05) is 42.5 Å². The lowest BCUT2D eigenvalue weighted by atomic mass is 9.57. The molecule has 1 heterocycles. The molecule has 6 atom stereocenters.